The summed E-state index contributed by atoms with van der Waals surface area (Å²) in [6.07, 6.45) is 7.90. The van der Waals surface area contributed by atoms with Crippen LogP contribution < -0.4 is 4.90 Å². The van der Waals surface area contributed by atoms with E-state index < -0.39 is 17.7 Å². The minimum Gasteiger partial charge on any atom is -0.461 e. The second-order valence-electron chi connectivity index (χ2n) is 12.9. The molecule has 0 bridgehead atoms. The third-order valence-corrected chi connectivity index (χ3v) is 7.27. The van der Waals surface area contributed by atoms with Gasteiger partial charge in [0.1, 0.15) is 5.82 Å². The second-order valence-corrected chi connectivity index (χ2v) is 12.9. The first-order valence-electron chi connectivity index (χ1n) is 14.5. The van der Waals surface area contributed by atoms with Crippen LogP contribution in [-0.4, -0.2) is 40.7 Å². The van der Waals surface area contributed by atoms with Crippen molar-refractivity contribution in [2.24, 2.45) is 5.41 Å². The number of aryl methyl sites for hydroxylation is 2. The van der Waals surface area contributed by atoms with Gasteiger partial charge in [-0.1, -0.05) is 33.6 Å². The van der Waals surface area contributed by atoms with Crippen molar-refractivity contribution in [1.29, 1.82) is 0 Å². The van der Waals surface area contributed by atoms with Gasteiger partial charge < -0.3 is 14.4 Å². The molecule has 1 atom stereocenters. The van der Waals surface area contributed by atoms with Gasteiger partial charge in [0.25, 0.3) is 0 Å². The van der Waals surface area contributed by atoms with Crippen LogP contribution in [0.4, 0.5) is 10.1 Å². The first kappa shape index (κ1) is 31.0. The number of nitrogens with zero attached hydrogens (tertiary/aromatic N) is 3. The summed E-state index contributed by atoms with van der Waals surface area (Å²) in [6, 6.07) is 1.56. The third kappa shape index (κ3) is 8.23. The van der Waals surface area contributed by atoms with Gasteiger partial charge in [-0.25, -0.2) is 9.18 Å². The normalized spacial score (nSPS) is 16.4. The Hall–Kier alpha value is -2.54. The van der Waals surface area contributed by atoms with E-state index >= 15 is 4.39 Å². The largest absolute Gasteiger partial charge is 0.461 e. The van der Waals surface area contributed by atoms with Crippen LogP contribution in [0.15, 0.2) is 18.5 Å². The van der Waals surface area contributed by atoms with Gasteiger partial charge in [-0.3, -0.25) is 9.97 Å². The zero-order chi connectivity index (χ0) is 29.0. The monoisotopic (exact) mass is 541 g/mol. The molecular weight excluding hydrogens is 493 g/mol. The van der Waals surface area contributed by atoms with E-state index in [1.54, 1.807) is 18.5 Å². The zero-order valence-corrected chi connectivity index (χ0v) is 25.5. The van der Waals surface area contributed by atoms with Crippen molar-refractivity contribution < 1.29 is 18.7 Å². The van der Waals surface area contributed by atoms with Crippen LogP contribution in [0.2, 0.25) is 0 Å². The first-order chi connectivity index (χ1) is 18.2. The summed E-state index contributed by atoms with van der Waals surface area (Å²) in [4.78, 5) is 25.1. The number of aromatic nitrogens is 2. The van der Waals surface area contributed by atoms with Crippen molar-refractivity contribution in [3.8, 4) is 11.1 Å². The van der Waals surface area contributed by atoms with Crippen molar-refractivity contribution in [3.05, 3.63) is 41.2 Å². The average molecular weight is 542 g/mol. The number of unbranched alkanes of at least 4 members (excludes halogenated alkanes) is 2. The van der Waals surface area contributed by atoms with E-state index in [2.05, 4.69) is 30.7 Å². The average Bonchev–Trinajstić information content (AvgIpc) is 2.83. The highest BCUT2D eigenvalue weighted by molar-refractivity contribution is 5.87. The molecule has 39 heavy (non-hydrogen) atoms. The standard InChI is InChI=1S/C32H48FN3O3/c1-10-11-12-13-26-25(33)18-23(19-35-26)24-20-34-22(4)27(28(24)36-16-14-32(8,9)15-17-36)29(39-31(5,6)7)30(37)38-21(2)3/h18-21,29H,10-17H2,1-9H3/t29-/m0/s1. The van der Waals surface area contributed by atoms with Gasteiger partial charge in [0.2, 0.25) is 0 Å². The summed E-state index contributed by atoms with van der Waals surface area (Å²) >= 11 is 0. The molecule has 0 N–H and O–H groups in total. The van der Waals surface area contributed by atoms with Crippen molar-refractivity contribution >= 4 is 11.7 Å². The van der Waals surface area contributed by atoms with Gasteiger partial charge >= 0.3 is 5.97 Å². The Labute approximate surface area is 234 Å². The Morgan fingerprint density at radius 3 is 2.36 bits per heavy atom. The summed E-state index contributed by atoms with van der Waals surface area (Å²) in [6.45, 7) is 19.7. The Kier molecular flexibility index (Phi) is 10.1. The van der Waals surface area contributed by atoms with E-state index in [-0.39, 0.29) is 17.3 Å². The Morgan fingerprint density at radius 1 is 1.13 bits per heavy atom. The van der Waals surface area contributed by atoms with E-state index in [1.165, 1.54) is 0 Å². The fourth-order valence-electron chi connectivity index (χ4n) is 5.02. The zero-order valence-electron chi connectivity index (χ0n) is 25.5. The molecule has 2 aromatic heterocycles. The van der Waals surface area contributed by atoms with Gasteiger partial charge in [-0.05, 0) is 78.7 Å². The maximum atomic E-state index is 15.3. The molecule has 3 rings (SSSR count). The molecule has 7 heteroatoms. The number of carbonyl (C=O) groups is 1. The molecule has 0 unspecified atom stereocenters. The second kappa shape index (κ2) is 12.8. The van der Waals surface area contributed by atoms with Crippen molar-refractivity contribution in [2.45, 2.75) is 119 Å². The summed E-state index contributed by atoms with van der Waals surface area (Å²) in [5, 5.41) is 0. The van der Waals surface area contributed by atoms with Gasteiger partial charge in [-0.2, -0.15) is 0 Å². The Bertz CT molecular complexity index is 1130. The number of rotatable bonds is 10. The fourth-order valence-corrected chi connectivity index (χ4v) is 5.02. The minimum absolute atomic E-state index is 0.227. The molecule has 0 amide bonds. The summed E-state index contributed by atoms with van der Waals surface area (Å²) in [7, 11) is 0. The van der Waals surface area contributed by atoms with Gasteiger partial charge in [0.05, 0.1) is 23.1 Å². The fraction of sp³-hybridized carbons (Fsp3) is 0.656. The molecule has 216 valence electrons. The Morgan fingerprint density at radius 2 is 1.79 bits per heavy atom. The highest BCUT2D eigenvalue weighted by atomic mass is 19.1. The number of hydrogen-bond donors (Lipinski definition) is 0. The van der Waals surface area contributed by atoms with Crippen LogP contribution in [0, 0.1) is 18.2 Å². The molecule has 1 aliphatic heterocycles. The molecule has 0 spiro atoms. The van der Waals surface area contributed by atoms with Crippen molar-refractivity contribution in [1.82, 2.24) is 9.97 Å². The SMILES string of the molecule is CCCCCc1ncc(-c2cnc(C)c([C@H](OC(C)(C)C)C(=O)OC(C)C)c2N2CCC(C)(C)CC2)cc1F. The first-order valence-corrected chi connectivity index (χ1v) is 14.5. The molecule has 6 nitrogen and oxygen atoms in total. The van der Waals surface area contributed by atoms with Crippen LogP contribution in [0.5, 0.6) is 0 Å². The number of anilines is 1. The highest BCUT2D eigenvalue weighted by Gasteiger charge is 2.37. The lowest BCUT2D eigenvalue weighted by molar-refractivity contribution is -0.171. The molecule has 1 fully saturated rings. The van der Waals surface area contributed by atoms with Crippen LogP contribution in [0.1, 0.15) is 111 Å². The smallest absolute Gasteiger partial charge is 0.340 e. The third-order valence-electron chi connectivity index (χ3n) is 7.27. The molecule has 1 aliphatic rings. The minimum atomic E-state index is -0.976. The lowest BCUT2D eigenvalue weighted by atomic mass is 9.82. The van der Waals surface area contributed by atoms with Gasteiger partial charge in [0, 0.05) is 47.9 Å². The predicted octanol–water partition coefficient (Wildman–Crippen LogP) is 7.76. The number of ether oxygens (including phenoxy) is 2. The summed E-state index contributed by atoms with van der Waals surface area (Å²) < 4.78 is 27.4. The lowest BCUT2D eigenvalue weighted by Crippen LogP contribution is -2.39. The molecular formula is C32H48FN3O3. The number of pyridine rings is 2. The molecule has 3 heterocycles. The van der Waals surface area contributed by atoms with E-state index in [1.807, 2.05) is 41.5 Å². The lowest BCUT2D eigenvalue weighted by Gasteiger charge is -2.41. The number of piperidine rings is 1. The highest BCUT2D eigenvalue weighted by Crippen LogP contribution is 2.43. The number of hydrogen-bond acceptors (Lipinski definition) is 6. The van der Waals surface area contributed by atoms with Gasteiger partial charge in [-0.15, -0.1) is 0 Å². The maximum absolute atomic E-state index is 15.3. The predicted molar refractivity (Wildman–Crippen MR) is 155 cm³/mol. The van der Waals surface area contributed by atoms with E-state index in [0.717, 1.165) is 56.4 Å². The van der Waals surface area contributed by atoms with Crippen LogP contribution in [0.3, 0.4) is 0 Å². The maximum Gasteiger partial charge on any atom is 0.340 e. The van der Waals surface area contributed by atoms with E-state index in [0.29, 0.717) is 28.9 Å². The van der Waals surface area contributed by atoms with E-state index in [4.69, 9.17) is 14.5 Å². The van der Waals surface area contributed by atoms with Crippen LogP contribution in [-0.2, 0) is 20.7 Å². The molecule has 0 aromatic carbocycles. The van der Waals surface area contributed by atoms with Crippen molar-refractivity contribution in [2.75, 3.05) is 18.0 Å². The summed E-state index contributed by atoms with van der Waals surface area (Å²) in [5.74, 6) is -0.755. The van der Waals surface area contributed by atoms with Gasteiger partial charge in [0.15, 0.2) is 6.10 Å². The Balaban J connectivity index is 2.20. The van der Waals surface area contributed by atoms with Crippen LogP contribution >= 0.6 is 0 Å². The number of esters is 1. The van der Waals surface area contributed by atoms with Crippen LogP contribution in [0.25, 0.3) is 11.1 Å². The quantitative estimate of drug-likeness (QED) is 0.226. The molecule has 0 saturated carbocycles. The molecule has 0 radical (unpaired) electrons. The number of halogens is 1. The molecule has 0 aliphatic carbocycles. The topological polar surface area (TPSA) is 64.5 Å². The molecule has 2 aromatic rings. The molecule has 1 saturated heterocycles. The summed E-state index contributed by atoms with van der Waals surface area (Å²) in [5.41, 5.74) is 3.73. The number of carbonyl (C=O) groups excluding carboxylic acids is 1. The van der Waals surface area contributed by atoms with Crippen molar-refractivity contribution in [3.63, 3.8) is 0 Å². The van der Waals surface area contributed by atoms with E-state index in [9.17, 15) is 4.79 Å².